The van der Waals surface area contributed by atoms with Gasteiger partial charge in [-0.15, -0.1) is 11.3 Å². The summed E-state index contributed by atoms with van der Waals surface area (Å²) in [6.07, 6.45) is 0. The summed E-state index contributed by atoms with van der Waals surface area (Å²) >= 11 is 1.69. The molecule has 0 fully saturated rings. The first kappa shape index (κ1) is 27.3. The van der Waals surface area contributed by atoms with Gasteiger partial charge in [-0.1, -0.05) is 140 Å². The number of para-hydroxylation sites is 1. The van der Waals surface area contributed by atoms with Crippen LogP contribution in [0.5, 0.6) is 0 Å². The normalized spacial score (nSPS) is 11.4. The maximum Gasteiger partial charge on any atom is 0.166 e. The number of rotatable bonds is 5. The lowest BCUT2D eigenvalue weighted by atomic mass is 10.0. The first-order valence-electron chi connectivity index (χ1n) is 15.6. The quantitative estimate of drug-likeness (QED) is 0.180. The van der Waals surface area contributed by atoms with Crippen molar-refractivity contribution in [1.29, 1.82) is 0 Å². The minimum absolute atomic E-state index is 0.605. The second-order valence-corrected chi connectivity index (χ2v) is 12.5. The first-order chi connectivity index (χ1) is 23.3. The third-order valence-corrected chi connectivity index (χ3v) is 9.64. The molecule has 2 aromatic heterocycles. The van der Waals surface area contributed by atoms with Crippen LogP contribution in [0.1, 0.15) is 0 Å². The maximum absolute atomic E-state index is 5.21. The second kappa shape index (κ2) is 11.4. The molecule has 0 bridgehead atoms. The van der Waals surface area contributed by atoms with Crippen LogP contribution in [0.25, 0.3) is 87.6 Å². The number of hydrogen-bond donors (Lipinski definition) is 0. The van der Waals surface area contributed by atoms with E-state index in [1.165, 1.54) is 27.1 Å². The molecule has 220 valence electrons. The molecule has 0 saturated heterocycles. The molecule has 0 atom stereocenters. The first-order valence-corrected chi connectivity index (χ1v) is 16.4. The number of hydrogen-bond acceptors (Lipinski definition) is 5. The Morgan fingerprint density at radius 2 is 0.915 bits per heavy atom. The Hall–Kier alpha value is -6.04. The lowest BCUT2D eigenvalue weighted by Gasteiger charge is -2.09. The molecule has 5 heteroatoms. The van der Waals surface area contributed by atoms with E-state index in [4.69, 9.17) is 19.9 Å². The number of fused-ring (bicyclic) bond motifs is 4. The Morgan fingerprint density at radius 1 is 0.362 bits per heavy atom. The number of nitrogens with zero attached hydrogens (tertiary/aromatic N) is 4. The minimum Gasteiger partial charge on any atom is -0.235 e. The van der Waals surface area contributed by atoms with Gasteiger partial charge in [0.1, 0.15) is 5.01 Å². The van der Waals surface area contributed by atoms with Gasteiger partial charge in [0.05, 0.1) is 10.2 Å². The highest BCUT2D eigenvalue weighted by molar-refractivity contribution is 7.21. The molecule has 7 aromatic carbocycles. The van der Waals surface area contributed by atoms with Crippen LogP contribution in [0.3, 0.4) is 0 Å². The summed E-state index contributed by atoms with van der Waals surface area (Å²) in [5, 5.41) is 5.90. The molecule has 4 nitrogen and oxygen atoms in total. The molecule has 0 aliphatic carbocycles. The summed E-state index contributed by atoms with van der Waals surface area (Å²) < 4.78 is 1.09. The van der Waals surface area contributed by atoms with Crippen LogP contribution in [0.4, 0.5) is 0 Å². The van der Waals surface area contributed by atoms with E-state index in [0.717, 1.165) is 43.0 Å². The van der Waals surface area contributed by atoms with Crippen molar-refractivity contribution in [3.8, 4) is 55.9 Å². The Morgan fingerprint density at radius 3 is 1.68 bits per heavy atom. The molecule has 2 heterocycles. The average molecular weight is 619 g/mol. The molecule has 0 N–H and O–H groups in total. The van der Waals surface area contributed by atoms with Gasteiger partial charge >= 0.3 is 0 Å². The Balaban J connectivity index is 1.17. The lowest BCUT2D eigenvalue weighted by molar-refractivity contribution is 1.08. The van der Waals surface area contributed by atoms with Crippen LogP contribution in [0.2, 0.25) is 0 Å². The predicted molar refractivity (Wildman–Crippen MR) is 195 cm³/mol. The van der Waals surface area contributed by atoms with Crippen LogP contribution in [-0.4, -0.2) is 19.9 Å². The Labute approximate surface area is 275 Å². The number of aromatic nitrogens is 4. The van der Waals surface area contributed by atoms with Crippen LogP contribution in [-0.2, 0) is 0 Å². The summed E-state index contributed by atoms with van der Waals surface area (Å²) in [6, 6.07) is 54.7. The van der Waals surface area contributed by atoms with E-state index in [1.54, 1.807) is 11.3 Å². The third-order valence-electron chi connectivity index (χ3n) is 8.57. The van der Waals surface area contributed by atoms with Crippen molar-refractivity contribution in [2.45, 2.75) is 0 Å². The van der Waals surface area contributed by atoms with Crippen molar-refractivity contribution in [3.05, 3.63) is 158 Å². The molecule has 0 aliphatic rings. The van der Waals surface area contributed by atoms with Crippen molar-refractivity contribution < 1.29 is 0 Å². The zero-order valence-corrected chi connectivity index (χ0v) is 26.0. The van der Waals surface area contributed by atoms with Crippen LogP contribution in [0.15, 0.2) is 158 Å². The molecular weight excluding hydrogens is 593 g/mol. The molecule has 0 saturated carbocycles. The molecule has 47 heavy (non-hydrogen) atoms. The number of benzene rings is 7. The van der Waals surface area contributed by atoms with Crippen molar-refractivity contribution in [2.24, 2.45) is 0 Å². The molecule has 0 aliphatic heterocycles. The summed E-state index contributed by atoms with van der Waals surface area (Å²) in [5.74, 6) is 1.86. The molecule has 0 radical (unpaired) electrons. The largest absolute Gasteiger partial charge is 0.235 e. The molecular formula is C42H26N4S. The van der Waals surface area contributed by atoms with E-state index in [2.05, 4.69) is 121 Å². The van der Waals surface area contributed by atoms with E-state index in [0.29, 0.717) is 17.5 Å². The fourth-order valence-corrected chi connectivity index (χ4v) is 7.16. The van der Waals surface area contributed by atoms with Crippen LogP contribution < -0.4 is 0 Å². The average Bonchev–Trinajstić information content (AvgIpc) is 3.60. The standard InChI is InChI=1S/C42H26N4S/c1-3-10-27(11-4-1)28-18-23-32(24-19-28)40-44-39(31-13-5-2-6-14-31)45-41(46-40)35-16-9-17-37-38(35)43-42(47-37)33-25-22-30-21-20-29-12-7-8-15-34(29)36(30)26-33/h1-26H. The highest BCUT2D eigenvalue weighted by atomic mass is 32.1. The van der Waals surface area contributed by atoms with Crippen molar-refractivity contribution >= 4 is 43.1 Å². The fraction of sp³-hybridized carbons (Fsp3) is 0. The van der Waals surface area contributed by atoms with Crippen LogP contribution >= 0.6 is 11.3 Å². The summed E-state index contributed by atoms with van der Waals surface area (Å²) in [5.41, 5.74) is 7.06. The van der Waals surface area contributed by atoms with Gasteiger partial charge in [0.15, 0.2) is 17.5 Å². The SMILES string of the molecule is c1ccc(-c2ccc(-c3nc(-c4ccccc4)nc(-c4cccc5sc(-c6ccc7ccc8ccccc8c7c6)nc45)n3)cc2)cc1. The zero-order valence-electron chi connectivity index (χ0n) is 25.2. The lowest BCUT2D eigenvalue weighted by Crippen LogP contribution is -2.00. The Kier molecular flexibility index (Phi) is 6.61. The zero-order chi connectivity index (χ0) is 31.2. The van der Waals surface area contributed by atoms with Gasteiger partial charge in [0, 0.05) is 22.3 Å². The topological polar surface area (TPSA) is 51.6 Å². The third kappa shape index (κ3) is 5.03. The van der Waals surface area contributed by atoms with Gasteiger partial charge in [-0.2, -0.15) is 0 Å². The number of thiazole rings is 1. The minimum atomic E-state index is 0.605. The molecule has 0 amide bonds. The predicted octanol–water partition coefficient (Wildman–Crippen LogP) is 11.1. The van der Waals surface area contributed by atoms with Gasteiger partial charge in [-0.3, -0.25) is 0 Å². The monoisotopic (exact) mass is 618 g/mol. The summed E-state index contributed by atoms with van der Waals surface area (Å²) in [7, 11) is 0. The van der Waals surface area contributed by atoms with E-state index in [9.17, 15) is 0 Å². The van der Waals surface area contributed by atoms with E-state index < -0.39 is 0 Å². The molecule has 9 rings (SSSR count). The maximum atomic E-state index is 5.21. The molecule has 0 spiro atoms. The van der Waals surface area contributed by atoms with Gasteiger partial charge in [-0.25, -0.2) is 19.9 Å². The summed E-state index contributed by atoms with van der Waals surface area (Å²) in [6.45, 7) is 0. The van der Waals surface area contributed by atoms with Crippen LogP contribution in [0, 0.1) is 0 Å². The van der Waals surface area contributed by atoms with E-state index in [1.807, 2.05) is 36.4 Å². The van der Waals surface area contributed by atoms with Gasteiger partial charge in [-0.05, 0) is 50.9 Å². The van der Waals surface area contributed by atoms with Crippen molar-refractivity contribution in [2.75, 3.05) is 0 Å². The van der Waals surface area contributed by atoms with E-state index >= 15 is 0 Å². The van der Waals surface area contributed by atoms with Gasteiger partial charge < -0.3 is 0 Å². The van der Waals surface area contributed by atoms with Crippen molar-refractivity contribution in [3.63, 3.8) is 0 Å². The highest BCUT2D eigenvalue weighted by Gasteiger charge is 2.17. The molecule has 0 unspecified atom stereocenters. The van der Waals surface area contributed by atoms with Gasteiger partial charge in [0.2, 0.25) is 0 Å². The second-order valence-electron chi connectivity index (χ2n) is 11.5. The Bertz CT molecular complexity index is 2560. The highest BCUT2D eigenvalue weighted by Crippen LogP contribution is 2.38. The summed E-state index contributed by atoms with van der Waals surface area (Å²) in [4.78, 5) is 20.2. The smallest absolute Gasteiger partial charge is 0.166 e. The van der Waals surface area contributed by atoms with Gasteiger partial charge in [0.25, 0.3) is 0 Å². The van der Waals surface area contributed by atoms with E-state index in [-0.39, 0.29) is 0 Å². The fourth-order valence-electron chi connectivity index (χ4n) is 6.17. The van der Waals surface area contributed by atoms with Crippen molar-refractivity contribution in [1.82, 2.24) is 19.9 Å². The molecule has 9 aromatic rings.